The van der Waals surface area contributed by atoms with Crippen molar-refractivity contribution in [1.82, 2.24) is 15.2 Å². The molecule has 1 aromatic rings. The van der Waals surface area contributed by atoms with E-state index in [-0.39, 0.29) is 0 Å². The highest BCUT2D eigenvalue weighted by Crippen LogP contribution is 2.29. The van der Waals surface area contributed by atoms with Crippen LogP contribution in [0.3, 0.4) is 0 Å². The van der Waals surface area contributed by atoms with Gasteiger partial charge in [0.15, 0.2) is 0 Å². The Labute approximate surface area is 107 Å². The van der Waals surface area contributed by atoms with E-state index < -0.39 is 0 Å². The highest BCUT2D eigenvalue weighted by molar-refractivity contribution is 7.11. The van der Waals surface area contributed by atoms with Crippen LogP contribution in [0.1, 0.15) is 28.4 Å². The number of likely N-dealkylation sites (tertiary alicyclic amines) is 1. The molecule has 2 saturated heterocycles. The Kier molecular flexibility index (Phi) is 3.19. The van der Waals surface area contributed by atoms with Gasteiger partial charge >= 0.3 is 0 Å². The molecule has 17 heavy (non-hydrogen) atoms. The van der Waals surface area contributed by atoms with E-state index in [0.717, 1.165) is 18.5 Å². The van der Waals surface area contributed by atoms with E-state index in [1.165, 1.54) is 48.1 Å². The van der Waals surface area contributed by atoms with Crippen LogP contribution >= 0.6 is 11.3 Å². The average Bonchev–Trinajstić information content (AvgIpc) is 2.87. The van der Waals surface area contributed by atoms with Gasteiger partial charge in [0.25, 0.3) is 0 Å². The van der Waals surface area contributed by atoms with Gasteiger partial charge < -0.3 is 5.32 Å². The molecule has 0 aromatic carbocycles. The van der Waals surface area contributed by atoms with Gasteiger partial charge in [-0.25, -0.2) is 4.98 Å². The number of hydrogen-bond acceptors (Lipinski definition) is 4. The maximum atomic E-state index is 4.54. The molecule has 3 nitrogen and oxygen atoms in total. The molecule has 1 N–H and O–H groups in total. The van der Waals surface area contributed by atoms with Crippen LogP contribution in [-0.4, -0.2) is 35.6 Å². The van der Waals surface area contributed by atoms with Gasteiger partial charge in [0.05, 0.1) is 10.7 Å². The minimum absolute atomic E-state index is 0.769. The fraction of sp³-hybridized carbons (Fsp3) is 0.769. The lowest BCUT2D eigenvalue weighted by Crippen LogP contribution is -2.44. The van der Waals surface area contributed by atoms with Gasteiger partial charge in [0, 0.05) is 24.0 Å². The fourth-order valence-corrected chi connectivity index (χ4v) is 4.23. The number of aromatic nitrogens is 1. The monoisotopic (exact) mass is 251 g/mol. The van der Waals surface area contributed by atoms with E-state index in [9.17, 15) is 0 Å². The first-order valence-electron chi connectivity index (χ1n) is 6.61. The lowest BCUT2D eigenvalue weighted by Gasteiger charge is -2.36. The van der Waals surface area contributed by atoms with Crippen molar-refractivity contribution >= 4 is 11.3 Å². The van der Waals surface area contributed by atoms with Crippen LogP contribution in [0.4, 0.5) is 0 Å². The van der Waals surface area contributed by atoms with Crippen LogP contribution in [0.25, 0.3) is 0 Å². The molecule has 4 heteroatoms. The number of nitrogens with one attached hydrogen (secondary N) is 1. The fourth-order valence-electron chi connectivity index (χ4n) is 3.26. The third kappa shape index (κ3) is 2.26. The normalized spacial score (nSPS) is 29.5. The molecule has 94 valence electrons. The molecule has 0 amide bonds. The molecule has 3 rings (SSSR count). The quantitative estimate of drug-likeness (QED) is 0.871. The summed E-state index contributed by atoms with van der Waals surface area (Å²) in [6.45, 7) is 9.03. The van der Waals surface area contributed by atoms with E-state index >= 15 is 0 Å². The standard InChI is InChI=1S/C13H21N3S/c1-9-13(17-10(2)15-9)8-16-5-3-4-11-6-14-7-12(11)16/h11-12,14H,3-8H2,1-2H3. The minimum Gasteiger partial charge on any atom is -0.315 e. The second kappa shape index (κ2) is 4.67. The van der Waals surface area contributed by atoms with Gasteiger partial charge in [0.2, 0.25) is 0 Å². The molecule has 3 heterocycles. The first kappa shape index (κ1) is 11.6. The van der Waals surface area contributed by atoms with Crippen LogP contribution in [0.5, 0.6) is 0 Å². The summed E-state index contributed by atoms with van der Waals surface area (Å²) in [5.41, 5.74) is 1.24. The average molecular weight is 251 g/mol. The molecule has 2 fully saturated rings. The van der Waals surface area contributed by atoms with Crippen molar-refractivity contribution in [2.24, 2.45) is 5.92 Å². The first-order chi connectivity index (χ1) is 8.24. The third-order valence-electron chi connectivity index (χ3n) is 4.14. The zero-order valence-corrected chi connectivity index (χ0v) is 11.5. The summed E-state index contributed by atoms with van der Waals surface area (Å²) in [5, 5.41) is 4.75. The van der Waals surface area contributed by atoms with Gasteiger partial charge in [-0.15, -0.1) is 11.3 Å². The summed E-state index contributed by atoms with van der Waals surface area (Å²) in [4.78, 5) is 8.68. The number of aryl methyl sites for hydroxylation is 2. The predicted octanol–water partition coefficient (Wildman–Crippen LogP) is 1.94. The summed E-state index contributed by atoms with van der Waals surface area (Å²) in [5.74, 6) is 0.887. The summed E-state index contributed by atoms with van der Waals surface area (Å²) in [7, 11) is 0. The smallest absolute Gasteiger partial charge is 0.0900 e. The first-order valence-corrected chi connectivity index (χ1v) is 7.43. The van der Waals surface area contributed by atoms with Crippen LogP contribution < -0.4 is 5.32 Å². The molecular weight excluding hydrogens is 230 g/mol. The van der Waals surface area contributed by atoms with Crippen molar-refractivity contribution in [1.29, 1.82) is 0 Å². The molecular formula is C13H21N3S. The van der Waals surface area contributed by atoms with Crippen LogP contribution in [-0.2, 0) is 6.54 Å². The molecule has 0 aliphatic carbocycles. The van der Waals surface area contributed by atoms with Crippen molar-refractivity contribution in [2.45, 2.75) is 39.3 Å². The third-order valence-corrected chi connectivity index (χ3v) is 5.20. The van der Waals surface area contributed by atoms with Crippen LogP contribution in [0.2, 0.25) is 0 Å². The maximum absolute atomic E-state index is 4.54. The van der Waals surface area contributed by atoms with E-state index in [4.69, 9.17) is 0 Å². The Balaban J connectivity index is 1.73. The number of piperidine rings is 1. The van der Waals surface area contributed by atoms with Gasteiger partial charge in [-0.2, -0.15) is 0 Å². The Bertz CT molecular complexity index is 401. The van der Waals surface area contributed by atoms with Crippen molar-refractivity contribution < 1.29 is 0 Å². The molecule has 2 aliphatic heterocycles. The summed E-state index contributed by atoms with van der Waals surface area (Å²) in [6.07, 6.45) is 2.77. The molecule has 0 radical (unpaired) electrons. The molecule has 0 spiro atoms. The summed E-state index contributed by atoms with van der Waals surface area (Å²) >= 11 is 1.87. The second-order valence-electron chi connectivity index (χ2n) is 5.34. The van der Waals surface area contributed by atoms with Crippen molar-refractivity contribution in [2.75, 3.05) is 19.6 Å². The Hall–Kier alpha value is -0.450. The molecule has 0 saturated carbocycles. The predicted molar refractivity (Wildman–Crippen MR) is 71.4 cm³/mol. The zero-order valence-electron chi connectivity index (χ0n) is 10.7. The largest absolute Gasteiger partial charge is 0.315 e. The maximum Gasteiger partial charge on any atom is 0.0900 e. The van der Waals surface area contributed by atoms with Gasteiger partial charge in [-0.3, -0.25) is 4.90 Å². The summed E-state index contributed by atoms with van der Waals surface area (Å²) in [6, 6.07) is 0.769. The van der Waals surface area contributed by atoms with E-state index in [2.05, 4.69) is 29.0 Å². The Morgan fingerprint density at radius 2 is 2.29 bits per heavy atom. The number of fused-ring (bicyclic) bond motifs is 1. The van der Waals surface area contributed by atoms with Crippen LogP contribution in [0.15, 0.2) is 0 Å². The van der Waals surface area contributed by atoms with Crippen molar-refractivity contribution in [3.8, 4) is 0 Å². The number of rotatable bonds is 2. The number of thiazole rings is 1. The molecule has 0 bridgehead atoms. The zero-order chi connectivity index (χ0) is 11.8. The summed E-state index contributed by atoms with van der Waals surface area (Å²) < 4.78 is 0. The van der Waals surface area contributed by atoms with Gasteiger partial charge in [-0.05, 0) is 45.7 Å². The van der Waals surface area contributed by atoms with Gasteiger partial charge in [-0.1, -0.05) is 0 Å². The highest BCUT2D eigenvalue weighted by atomic mass is 32.1. The molecule has 1 aromatic heterocycles. The Morgan fingerprint density at radius 3 is 3.06 bits per heavy atom. The van der Waals surface area contributed by atoms with Crippen LogP contribution in [0, 0.1) is 19.8 Å². The SMILES string of the molecule is Cc1nc(C)c(CN2CCCC3CNCC32)s1. The second-order valence-corrected chi connectivity index (χ2v) is 6.63. The minimum atomic E-state index is 0.769. The lowest BCUT2D eigenvalue weighted by molar-refractivity contribution is 0.118. The van der Waals surface area contributed by atoms with Crippen molar-refractivity contribution in [3.63, 3.8) is 0 Å². The number of hydrogen-bond donors (Lipinski definition) is 1. The van der Waals surface area contributed by atoms with Crippen molar-refractivity contribution in [3.05, 3.63) is 15.6 Å². The Morgan fingerprint density at radius 1 is 1.41 bits per heavy atom. The molecule has 2 aliphatic rings. The number of nitrogens with zero attached hydrogens (tertiary/aromatic N) is 2. The van der Waals surface area contributed by atoms with E-state index in [1.54, 1.807) is 0 Å². The molecule has 2 unspecified atom stereocenters. The molecule has 2 atom stereocenters. The van der Waals surface area contributed by atoms with E-state index in [0.29, 0.717) is 0 Å². The van der Waals surface area contributed by atoms with E-state index in [1.807, 2.05) is 11.3 Å². The lowest BCUT2D eigenvalue weighted by atomic mass is 9.92. The topological polar surface area (TPSA) is 28.2 Å². The van der Waals surface area contributed by atoms with Gasteiger partial charge in [0.1, 0.15) is 0 Å². The highest BCUT2D eigenvalue weighted by Gasteiger charge is 2.35.